The second kappa shape index (κ2) is 13.2. The first-order valence-corrected chi connectivity index (χ1v) is 22.1. The van der Waals surface area contributed by atoms with Crippen LogP contribution in [-0.4, -0.2) is 4.57 Å². The summed E-state index contributed by atoms with van der Waals surface area (Å²) in [6, 6.07) is 72.6. The van der Waals surface area contributed by atoms with E-state index in [0.717, 1.165) is 28.9 Å². The quantitative estimate of drug-likeness (QED) is 0.163. The Kier molecular flexibility index (Phi) is 7.52. The minimum absolute atomic E-state index is 0.0544. The van der Waals surface area contributed by atoms with Crippen LogP contribution in [0.25, 0.3) is 60.9 Å². The minimum atomic E-state index is 0.0544. The third kappa shape index (κ3) is 5.00. The van der Waals surface area contributed by atoms with E-state index in [4.69, 9.17) is 0 Å². The zero-order chi connectivity index (χ0) is 39.4. The molecule has 0 amide bonds. The van der Waals surface area contributed by atoms with Crippen molar-refractivity contribution in [2.24, 2.45) is 23.7 Å². The third-order valence-corrected chi connectivity index (χ3v) is 15.2. The van der Waals surface area contributed by atoms with Gasteiger partial charge in [-0.05, 0) is 167 Å². The fraction of sp³-hybridized carbons (Fsp3) is 0.172. The fourth-order valence-corrected chi connectivity index (χ4v) is 13.0. The van der Waals surface area contributed by atoms with E-state index >= 15 is 0 Å². The number of anilines is 3. The van der Waals surface area contributed by atoms with E-state index in [1.807, 2.05) is 0 Å². The van der Waals surface area contributed by atoms with Gasteiger partial charge in [0.1, 0.15) is 0 Å². The molecule has 4 bridgehead atoms. The van der Waals surface area contributed by atoms with E-state index in [-0.39, 0.29) is 5.41 Å². The molecule has 0 unspecified atom stereocenters. The van der Waals surface area contributed by atoms with Crippen molar-refractivity contribution in [3.05, 3.63) is 205 Å². The first-order valence-electron chi connectivity index (χ1n) is 22.1. The first-order chi connectivity index (χ1) is 29.7. The molecule has 1 spiro atoms. The van der Waals surface area contributed by atoms with Gasteiger partial charge in [0, 0.05) is 38.9 Å². The number of aromatic nitrogens is 1. The topological polar surface area (TPSA) is 8.17 Å². The van der Waals surface area contributed by atoms with Crippen LogP contribution in [-0.2, 0) is 5.41 Å². The maximum absolute atomic E-state index is 2.63. The predicted molar refractivity (Wildman–Crippen MR) is 250 cm³/mol. The smallest absolute Gasteiger partial charge is 0.0541 e. The van der Waals surface area contributed by atoms with Crippen LogP contribution < -0.4 is 4.90 Å². The van der Waals surface area contributed by atoms with E-state index in [2.05, 4.69) is 204 Å². The molecule has 0 saturated heterocycles. The summed E-state index contributed by atoms with van der Waals surface area (Å²) in [6.07, 6.45) is 6.92. The van der Waals surface area contributed by atoms with Crippen LogP contribution in [0.2, 0.25) is 0 Å². The Labute approximate surface area is 352 Å². The van der Waals surface area contributed by atoms with Crippen LogP contribution >= 0.6 is 0 Å². The highest BCUT2D eigenvalue weighted by atomic mass is 15.1. The van der Waals surface area contributed by atoms with Gasteiger partial charge in [0.2, 0.25) is 0 Å². The van der Waals surface area contributed by atoms with Crippen LogP contribution in [0.1, 0.15) is 43.2 Å². The lowest BCUT2D eigenvalue weighted by Crippen LogP contribution is -2.55. The Morgan fingerprint density at radius 2 is 0.833 bits per heavy atom. The summed E-state index contributed by atoms with van der Waals surface area (Å²) >= 11 is 0. The summed E-state index contributed by atoms with van der Waals surface area (Å²) in [6.45, 7) is 0. The van der Waals surface area contributed by atoms with Gasteiger partial charge in [0.15, 0.2) is 0 Å². The Hall–Kier alpha value is -6.64. The maximum atomic E-state index is 2.63. The van der Waals surface area contributed by atoms with Gasteiger partial charge in [0.05, 0.1) is 11.0 Å². The molecule has 60 heavy (non-hydrogen) atoms. The molecule has 5 aliphatic rings. The Bertz CT molecular complexity index is 3000. The number of para-hydroxylation sites is 3. The Balaban J connectivity index is 0.915. The molecule has 0 radical (unpaired) electrons. The highest BCUT2D eigenvalue weighted by molar-refractivity contribution is 6.09. The van der Waals surface area contributed by atoms with Crippen molar-refractivity contribution >= 4 is 38.9 Å². The lowest BCUT2D eigenvalue weighted by Gasteiger charge is -2.61. The zero-order valence-electron chi connectivity index (χ0n) is 33.7. The molecule has 2 heteroatoms. The number of nitrogens with zero attached hydrogens (tertiary/aromatic N) is 2. The van der Waals surface area contributed by atoms with Crippen LogP contribution in [0.15, 0.2) is 194 Å². The molecule has 8 aromatic carbocycles. The predicted octanol–water partition coefficient (Wildman–Crippen LogP) is 15.3. The molecule has 4 saturated carbocycles. The monoisotopic (exact) mass is 770 g/mol. The third-order valence-electron chi connectivity index (χ3n) is 15.2. The van der Waals surface area contributed by atoms with Gasteiger partial charge in [-0.25, -0.2) is 0 Å². The van der Waals surface area contributed by atoms with Crippen LogP contribution in [0.3, 0.4) is 0 Å². The van der Waals surface area contributed by atoms with E-state index in [1.165, 1.54) is 93.0 Å². The Morgan fingerprint density at radius 3 is 1.43 bits per heavy atom. The molecule has 1 aromatic heterocycles. The molecule has 0 atom stereocenters. The van der Waals surface area contributed by atoms with E-state index in [9.17, 15) is 0 Å². The fourth-order valence-electron chi connectivity index (χ4n) is 13.0. The van der Waals surface area contributed by atoms with Gasteiger partial charge in [-0.15, -0.1) is 0 Å². The summed E-state index contributed by atoms with van der Waals surface area (Å²) in [4.78, 5) is 2.37. The zero-order valence-corrected chi connectivity index (χ0v) is 33.7. The number of rotatable bonds is 6. The summed E-state index contributed by atoms with van der Waals surface area (Å²) in [7, 11) is 0. The average molecular weight is 771 g/mol. The van der Waals surface area contributed by atoms with E-state index in [1.54, 1.807) is 11.1 Å². The molecular formula is C58H46N2. The van der Waals surface area contributed by atoms with Gasteiger partial charge in [-0.1, -0.05) is 127 Å². The lowest BCUT2D eigenvalue weighted by molar-refractivity contribution is -0.0399. The molecule has 1 heterocycles. The standard InChI is InChI=1S/C58H46N2/c1-3-11-40(12-4-1)41-19-24-47(25-20-41)59(46-13-5-2-6-14-46)48-26-21-42(22-27-48)43-23-29-50-51-30-28-49(60-56-17-9-7-15-52(56)53-16-8-10-18-57(53)60)37-55(51)58(54(50)36-43)44-32-38-31-39(34-44)35-45(58)33-38/h1-30,36-39,44-45H,31-35H2. The van der Waals surface area contributed by atoms with Gasteiger partial charge in [0.25, 0.3) is 0 Å². The molecule has 9 aromatic rings. The van der Waals surface area contributed by atoms with Crippen LogP contribution in [0.4, 0.5) is 17.1 Å². The van der Waals surface area contributed by atoms with Gasteiger partial charge >= 0.3 is 0 Å². The SMILES string of the molecule is c1ccc(-c2ccc(N(c3ccccc3)c3ccc(-c4ccc5c(c4)C4(c6cc(-n7c8ccccc8c8ccccc87)ccc6-5)C5CC6CC(C5)CC4C6)cc3)cc2)cc1. The molecular weight excluding hydrogens is 725 g/mol. The summed E-state index contributed by atoms with van der Waals surface area (Å²) in [5, 5.41) is 2.65. The molecule has 5 aliphatic carbocycles. The van der Waals surface area contributed by atoms with Gasteiger partial charge < -0.3 is 9.47 Å². The lowest BCUT2D eigenvalue weighted by atomic mass is 9.43. The molecule has 0 aliphatic heterocycles. The molecule has 288 valence electrons. The highest BCUT2D eigenvalue weighted by Crippen LogP contribution is 2.69. The van der Waals surface area contributed by atoms with Crippen molar-refractivity contribution in [2.75, 3.05) is 4.90 Å². The highest BCUT2D eigenvalue weighted by Gasteiger charge is 2.61. The number of hydrogen-bond donors (Lipinski definition) is 0. The van der Waals surface area contributed by atoms with Crippen LogP contribution in [0.5, 0.6) is 0 Å². The molecule has 2 nitrogen and oxygen atoms in total. The molecule has 0 N–H and O–H groups in total. The summed E-state index contributed by atoms with van der Waals surface area (Å²) in [5.74, 6) is 3.16. The number of benzene rings is 8. The van der Waals surface area contributed by atoms with E-state index < -0.39 is 0 Å². The number of hydrogen-bond acceptors (Lipinski definition) is 1. The second-order valence-corrected chi connectivity index (χ2v) is 18.2. The minimum Gasteiger partial charge on any atom is -0.311 e. The largest absolute Gasteiger partial charge is 0.311 e. The van der Waals surface area contributed by atoms with E-state index in [0.29, 0.717) is 11.8 Å². The van der Waals surface area contributed by atoms with Crippen molar-refractivity contribution in [3.63, 3.8) is 0 Å². The van der Waals surface area contributed by atoms with Crippen molar-refractivity contribution < 1.29 is 0 Å². The van der Waals surface area contributed by atoms with Gasteiger partial charge in [-0.3, -0.25) is 0 Å². The second-order valence-electron chi connectivity index (χ2n) is 18.2. The maximum Gasteiger partial charge on any atom is 0.0541 e. The normalized spacial score (nSPS) is 22.1. The number of fused-ring (bicyclic) bond motifs is 6. The summed E-state index contributed by atoms with van der Waals surface area (Å²) < 4.78 is 2.53. The Morgan fingerprint density at radius 1 is 0.383 bits per heavy atom. The van der Waals surface area contributed by atoms with Crippen molar-refractivity contribution in [1.82, 2.24) is 4.57 Å². The first kappa shape index (κ1) is 34.2. The molecule has 4 fully saturated rings. The average Bonchev–Trinajstić information content (AvgIpc) is 3.79. The van der Waals surface area contributed by atoms with Gasteiger partial charge in [-0.2, -0.15) is 0 Å². The van der Waals surface area contributed by atoms with Crippen molar-refractivity contribution in [3.8, 4) is 39.1 Å². The van der Waals surface area contributed by atoms with Crippen molar-refractivity contribution in [2.45, 2.75) is 37.5 Å². The van der Waals surface area contributed by atoms with Crippen LogP contribution in [0, 0.1) is 23.7 Å². The summed E-state index contributed by atoms with van der Waals surface area (Å²) in [5.41, 5.74) is 18.5. The molecule has 14 rings (SSSR count). The van der Waals surface area contributed by atoms with Crippen molar-refractivity contribution in [1.29, 1.82) is 0 Å².